The van der Waals surface area contributed by atoms with Crippen LogP contribution in [0.5, 0.6) is 0 Å². The van der Waals surface area contributed by atoms with E-state index in [4.69, 9.17) is 0 Å². The number of amides is 1. The highest BCUT2D eigenvalue weighted by Gasteiger charge is 2.13. The second kappa shape index (κ2) is 7.36. The number of aryl methyl sites for hydroxylation is 2. The van der Waals surface area contributed by atoms with Gasteiger partial charge in [0.1, 0.15) is 5.01 Å². The smallest absolute Gasteiger partial charge is 0.225 e. The van der Waals surface area contributed by atoms with E-state index in [2.05, 4.69) is 34.3 Å². The van der Waals surface area contributed by atoms with E-state index in [-0.39, 0.29) is 5.91 Å². The zero-order valence-corrected chi connectivity index (χ0v) is 14.6. The van der Waals surface area contributed by atoms with Crippen LogP contribution in [0.25, 0.3) is 10.6 Å². The number of hydrogen-bond donors (Lipinski definition) is 1. The highest BCUT2D eigenvalue weighted by Crippen LogP contribution is 2.30. The Morgan fingerprint density at radius 3 is 2.62 bits per heavy atom. The molecule has 3 aromatic rings. The molecule has 0 saturated carbocycles. The predicted molar refractivity (Wildman–Crippen MR) is 96.8 cm³/mol. The van der Waals surface area contributed by atoms with Crippen molar-refractivity contribution in [3.8, 4) is 10.6 Å². The number of nitrogens with one attached hydrogen (secondary N) is 1. The molecular formula is C19H19N3OS. The minimum atomic E-state index is 0.00916. The maximum atomic E-state index is 12.2. The lowest BCUT2D eigenvalue weighted by atomic mass is 10.1. The summed E-state index contributed by atoms with van der Waals surface area (Å²) in [5.74, 6) is 0.00916. The van der Waals surface area contributed by atoms with Gasteiger partial charge in [0.25, 0.3) is 0 Å². The van der Waals surface area contributed by atoms with Crippen LogP contribution >= 0.6 is 11.3 Å². The Labute approximate surface area is 145 Å². The average molecular weight is 337 g/mol. The monoisotopic (exact) mass is 337 g/mol. The summed E-state index contributed by atoms with van der Waals surface area (Å²) >= 11 is 1.59. The van der Waals surface area contributed by atoms with Gasteiger partial charge in [-0.25, -0.2) is 4.98 Å². The van der Waals surface area contributed by atoms with Gasteiger partial charge in [0.05, 0.1) is 12.1 Å². The lowest BCUT2D eigenvalue weighted by molar-refractivity contribution is -0.120. The number of nitrogens with zero attached hydrogens (tertiary/aromatic N) is 2. The number of aromatic nitrogens is 2. The van der Waals surface area contributed by atoms with E-state index in [1.165, 1.54) is 5.56 Å². The molecule has 5 heteroatoms. The van der Waals surface area contributed by atoms with Gasteiger partial charge in [0, 0.05) is 29.4 Å². The Bertz CT molecular complexity index is 843. The Hall–Kier alpha value is -2.53. The highest BCUT2D eigenvalue weighted by molar-refractivity contribution is 7.15. The first-order chi connectivity index (χ1) is 11.6. The third-order valence-corrected chi connectivity index (χ3v) is 5.02. The summed E-state index contributed by atoms with van der Waals surface area (Å²) in [4.78, 5) is 21.8. The van der Waals surface area contributed by atoms with Crippen molar-refractivity contribution in [2.24, 2.45) is 0 Å². The summed E-state index contributed by atoms with van der Waals surface area (Å²) in [5.41, 5.74) is 4.30. The first kappa shape index (κ1) is 16.3. The first-order valence-electron chi connectivity index (χ1n) is 7.81. The summed E-state index contributed by atoms with van der Waals surface area (Å²) in [7, 11) is 0. The topological polar surface area (TPSA) is 54.9 Å². The normalized spacial score (nSPS) is 10.6. The van der Waals surface area contributed by atoms with Crippen LogP contribution in [0.15, 0.2) is 48.8 Å². The number of thiazole rings is 1. The van der Waals surface area contributed by atoms with Gasteiger partial charge in [-0.15, -0.1) is 11.3 Å². The van der Waals surface area contributed by atoms with Crippen molar-refractivity contribution in [3.05, 3.63) is 70.5 Å². The number of carbonyl (C=O) groups is 1. The molecule has 0 aliphatic rings. The third-order valence-electron chi connectivity index (χ3n) is 3.83. The van der Waals surface area contributed by atoms with Gasteiger partial charge in [0.2, 0.25) is 5.91 Å². The van der Waals surface area contributed by atoms with Crippen LogP contribution in [0, 0.1) is 13.8 Å². The molecule has 0 unspecified atom stereocenters. The van der Waals surface area contributed by atoms with Gasteiger partial charge in [-0.1, -0.05) is 24.3 Å². The fraction of sp³-hybridized carbons (Fsp3) is 0.211. The van der Waals surface area contributed by atoms with Crippen LogP contribution in [0.1, 0.15) is 21.7 Å². The van der Waals surface area contributed by atoms with Crippen molar-refractivity contribution < 1.29 is 4.79 Å². The van der Waals surface area contributed by atoms with Crippen molar-refractivity contribution >= 4 is 17.2 Å². The van der Waals surface area contributed by atoms with E-state index < -0.39 is 0 Å². The number of rotatable bonds is 5. The van der Waals surface area contributed by atoms with Gasteiger partial charge in [-0.2, -0.15) is 0 Å². The van der Waals surface area contributed by atoms with Gasteiger partial charge in [-0.05, 0) is 37.1 Å². The summed E-state index contributed by atoms with van der Waals surface area (Å²) in [6, 6.07) is 12.0. The summed E-state index contributed by atoms with van der Waals surface area (Å²) < 4.78 is 0. The SMILES string of the molecule is Cc1ccccc1-c1nc(C)c(CC(=O)NCc2ccncc2)s1. The molecule has 122 valence electrons. The summed E-state index contributed by atoms with van der Waals surface area (Å²) in [6.07, 6.45) is 3.81. The second-order valence-electron chi connectivity index (χ2n) is 5.65. The molecule has 24 heavy (non-hydrogen) atoms. The fourth-order valence-corrected chi connectivity index (χ4v) is 3.58. The van der Waals surface area contributed by atoms with Crippen molar-refractivity contribution in [2.75, 3.05) is 0 Å². The highest BCUT2D eigenvalue weighted by atomic mass is 32.1. The quantitative estimate of drug-likeness (QED) is 0.773. The standard InChI is InChI=1S/C19H19N3OS/c1-13-5-3-4-6-16(13)19-22-14(2)17(24-19)11-18(23)21-12-15-7-9-20-10-8-15/h3-10H,11-12H2,1-2H3,(H,21,23). The third kappa shape index (κ3) is 3.86. The lowest BCUT2D eigenvalue weighted by Gasteiger charge is -2.04. The molecule has 1 amide bonds. The molecule has 0 bridgehead atoms. The maximum Gasteiger partial charge on any atom is 0.225 e. The molecular weight excluding hydrogens is 318 g/mol. The molecule has 2 aromatic heterocycles. The maximum absolute atomic E-state index is 12.2. The number of carbonyl (C=O) groups excluding carboxylic acids is 1. The van der Waals surface area contributed by atoms with Crippen LogP contribution in [0.2, 0.25) is 0 Å². The summed E-state index contributed by atoms with van der Waals surface area (Å²) in [5, 5.41) is 3.92. The van der Waals surface area contributed by atoms with E-state index in [1.807, 2.05) is 31.2 Å². The van der Waals surface area contributed by atoms with Gasteiger partial charge < -0.3 is 5.32 Å². The minimum Gasteiger partial charge on any atom is -0.352 e. The molecule has 0 spiro atoms. The molecule has 0 aliphatic carbocycles. The van der Waals surface area contributed by atoms with Gasteiger partial charge in [0.15, 0.2) is 0 Å². The minimum absolute atomic E-state index is 0.00916. The second-order valence-corrected chi connectivity index (χ2v) is 6.74. The molecule has 0 fully saturated rings. The van der Waals surface area contributed by atoms with Crippen LogP contribution in [0.3, 0.4) is 0 Å². The lowest BCUT2D eigenvalue weighted by Crippen LogP contribution is -2.24. The molecule has 0 aliphatic heterocycles. The summed E-state index contributed by atoms with van der Waals surface area (Å²) in [6.45, 7) is 4.56. The zero-order valence-electron chi connectivity index (χ0n) is 13.7. The first-order valence-corrected chi connectivity index (χ1v) is 8.63. The number of pyridine rings is 1. The van der Waals surface area contributed by atoms with Crippen LogP contribution in [-0.2, 0) is 17.8 Å². The molecule has 0 radical (unpaired) electrons. The Kier molecular flexibility index (Phi) is 5.01. The van der Waals surface area contributed by atoms with Gasteiger partial charge in [-0.3, -0.25) is 9.78 Å². The number of hydrogen-bond acceptors (Lipinski definition) is 4. The number of benzene rings is 1. The molecule has 0 atom stereocenters. The Balaban J connectivity index is 1.67. The fourth-order valence-electron chi connectivity index (χ4n) is 2.43. The van der Waals surface area contributed by atoms with Crippen molar-refractivity contribution in [3.63, 3.8) is 0 Å². The van der Waals surface area contributed by atoms with E-state index in [9.17, 15) is 4.79 Å². The molecule has 4 nitrogen and oxygen atoms in total. The van der Waals surface area contributed by atoms with E-state index in [0.29, 0.717) is 13.0 Å². The molecule has 1 N–H and O–H groups in total. The van der Waals surface area contributed by atoms with E-state index in [1.54, 1.807) is 23.7 Å². The Morgan fingerprint density at radius 2 is 1.88 bits per heavy atom. The van der Waals surface area contributed by atoms with Crippen LogP contribution in [0.4, 0.5) is 0 Å². The van der Waals surface area contributed by atoms with Crippen molar-refractivity contribution in [2.45, 2.75) is 26.8 Å². The largest absolute Gasteiger partial charge is 0.352 e. The average Bonchev–Trinajstić information content (AvgIpc) is 2.95. The van der Waals surface area contributed by atoms with Crippen LogP contribution in [-0.4, -0.2) is 15.9 Å². The Morgan fingerprint density at radius 1 is 1.12 bits per heavy atom. The molecule has 0 saturated heterocycles. The van der Waals surface area contributed by atoms with Gasteiger partial charge >= 0.3 is 0 Å². The van der Waals surface area contributed by atoms with E-state index in [0.717, 1.165) is 26.7 Å². The molecule has 2 heterocycles. The van der Waals surface area contributed by atoms with Crippen molar-refractivity contribution in [1.82, 2.24) is 15.3 Å². The predicted octanol–water partition coefficient (Wildman–Crippen LogP) is 3.68. The van der Waals surface area contributed by atoms with Crippen LogP contribution < -0.4 is 5.32 Å². The van der Waals surface area contributed by atoms with Crippen molar-refractivity contribution in [1.29, 1.82) is 0 Å². The molecule has 3 rings (SSSR count). The zero-order chi connectivity index (χ0) is 16.9. The molecule has 1 aromatic carbocycles. The van der Waals surface area contributed by atoms with E-state index >= 15 is 0 Å².